The number of aryl methyl sites for hydroxylation is 1. The normalized spacial score (nSPS) is 11.8. The summed E-state index contributed by atoms with van der Waals surface area (Å²) in [6.45, 7) is 1.95. The molecule has 4 atom stereocenters. The summed E-state index contributed by atoms with van der Waals surface area (Å²) in [4.78, 5) is 94.9. The summed E-state index contributed by atoms with van der Waals surface area (Å²) in [5, 5.41) is 40.1. The molecule has 0 aliphatic carbocycles. The lowest BCUT2D eigenvalue weighted by atomic mass is 9.91. The predicted octanol–water partition coefficient (Wildman–Crippen LogP) is 15.1. The van der Waals surface area contributed by atoms with Crippen LogP contribution in [0.3, 0.4) is 0 Å². The Morgan fingerprint density at radius 2 is 0.659 bits per heavy atom. The molecule has 0 aliphatic heterocycles. The van der Waals surface area contributed by atoms with E-state index in [1.165, 1.54) is 24.3 Å². The molecule has 0 aromatic heterocycles. The standard InChI is InChI=1S/C21H18O3.C18H17ClO4.C18H17FO4.C18H18O3/c22-20(18-11-10-16-8-4-5-9-17(16)13-18)14-19(21(23)24)12-15-6-2-1-3-7-15;1-23-16-8-4-13(5-9-16)17(20)11-14(18(21)22)10-12-2-6-15(19)7-3-12;1-23-16-8-2-12(3-9-16)10-14(18(21)22)11-17(20)13-4-6-15(19)7-5-13;1-13-7-9-15(10-8-13)17(19)12-16(18(20)21)11-14-5-3-2-4-6-14/h1-11,13,19H,12,14H2,(H,23,24);2*2-9,14H,10-11H2,1H3,(H,21,22);2-10,16H,11-12H2,1H3,(H,20,21). The van der Waals surface area contributed by atoms with Gasteiger partial charge in [0.2, 0.25) is 0 Å². The Kier molecular flexibility index (Phi) is 27.3. The zero-order valence-corrected chi connectivity index (χ0v) is 51.2. The van der Waals surface area contributed by atoms with Crippen molar-refractivity contribution in [3.8, 4) is 11.5 Å². The number of carboxylic acids is 4. The maximum Gasteiger partial charge on any atom is 0.307 e. The highest BCUT2D eigenvalue weighted by Crippen LogP contribution is 2.24. The van der Waals surface area contributed by atoms with E-state index < -0.39 is 53.4 Å². The Morgan fingerprint density at radius 1 is 0.363 bits per heavy atom. The molecule has 0 spiro atoms. The lowest BCUT2D eigenvalue weighted by molar-refractivity contribution is -0.142. The highest BCUT2D eigenvalue weighted by Gasteiger charge is 2.26. The molecule has 0 amide bonds. The molecule has 4 N–H and O–H groups in total. The van der Waals surface area contributed by atoms with Crippen molar-refractivity contribution in [3.05, 3.63) is 285 Å². The number of hydrogen-bond acceptors (Lipinski definition) is 10. The third-order valence-electron chi connectivity index (χ3n) is 14.8. The van der Waals surface area contributed by atoms with Crippen LogP contribution in [0.15, 0.2) is 224 Å². The van der Waals surface area contributed by atoms with E-state index in [0.29, 0.717) is 51.6 Å². The van der Waals surface area contributed by atoms with E-state index in [-0.39, 0.29) is 61.7 Å². The number of methoxy groups -OCH3 is 2. The number of halogens is 2. The molecular weight excluding hydrogens is 1180 g/mol. The minimum absolute atomic E-state index is 0.00255. The van der Waals surface area contributed by atoms with Gasteiger partial charge in [0.15, 0.2) is 23.1 Å². The fraction of sp³-hybridized carbons (Fsp3) is 0.200. The lowest BCUT2D eigenvalue weighted by Crippen LogP contribution is -2.20. The Morgan fingerprint density at radius 3 is 1.03 bits per heavy atom. The van der Waals surface area contributed by atoms with Crippen LogP contribution < -0.4 is 9.47 Å². The van der Waals surface area contributed by atoms with Gasteiger partial charge in [-0.05, 0) is 144 Å². The Balaban J connectivity index is 0.000000193. The summed E-state index contributed by atoms with van der Waals surface area (Å²) in [6, 6.07) is 65.1. The molecule has 0 saturated carbocycles. The van der Waals surface area contributed by atoms with Crippen LogP contribution in [0.5, 0.6) is 11.5 Å². The van der Waals surface area contributed by atoms with Gasteiger partial charge in [-0.15, -0.1) is 0 Å². The second-order valence-corrected chi connectivity index (χ2v) is 22.0. The quantitative estimate of drug-likeness (QED) is 0.0369. The highest BCUT2D eigenvalue weighted by molar-refractivity contribution is 6.30. The summed E-state index contributed by atoms with van der Waals surface area (Å²) in [7, 11) is 3.10. The number of carbonyl (C=O) groups is 8. The SMILES string of the molecule is COc1ccc(C(=O)CC(Cc2ccc(Cl)cc2)C(=O)O)cc1.COc1ccc(CC(CC(=O)c2ccc(F)cc2)C(=O)O)cc1.Cc1ccc(C(=O)CC(Cc2ccccc2)C(=O)O)cc1.O=C(CC(Cc1ccccc1)C(=O)O)c1ccc2ccccc2c1. The molecule has 0 heterocycles. The van der Waals surface area contributed by atoms with Crippen LogP contribution in [0.25, 0.3) is 10.8 Å². The second kappa shape index (κ2) is 35.6. The van der Waals surface area contributed by atoms with E-state index in [0.717, 1.165) is 38.6 Å². The minimum Gasteiger partial charge on any atom is -0.497 e. The van der Waals surface area contributed by atoms with Crippen LogP contribution in [0.1, 0.15) is 94.9 Å². The summed E-state index contributed by atoms with van der Waals surface area (Å²) < 4.78 is 23.0. The molecule has 0 fully saturated rings. The number of ketones is 4. The van der Waals surface area contributed by atoms with Crippen molar-refractivity contribution in [2.75, 3.05) is 14.2 Å². The van der Waals surface area contributed by atoms with Crippen molar-refractivity contribution in [1.82, 2.24) is 0 Å². The van der Waals surface area contributed by atoms with Gasteiger partial charge in [-0.25, -0.2) is 4.39 Å². The van der Waals surface area contributed by atoms with Gasteiger partial charge in [0.1, 0.15) is 17.3 Å². The van der Waals surface area contributed by atoms with E-state index in [2.05, 4.69) is 0 Å². The number of ether oxygens (including phenoxy) is 2. The monoisotopic (exact) mass is 1250 g/mol. The third-order valence-corrected chi connectivity index (χ3v) is 15.1. The molecule has 468 valence electrons. The lowest BCUT2D eigenvalue weighted by Gasteiger charge is -2.12. The van der Waals surface area contributed by atoms with Gasteiger partial charge >= 0.3 is 23.9 Å². The van der Waals surface area contributed by atoms with Crippen molar-refractivity contribution in [1.29, 1.82) is 0 Å². The summed E-state index contributed by atoms with van der Waals surface area (Å²) in [5.74, 6) is -6.78. The molecule has 14 nitrogen and oxygen atoms in total. The van der Waals surface area contributed by atoms with E-state index in [1.54, 1.807) is 105 Å². The summed E-state index contributed by atoms with van der Waals surface area (Å²) in [6.07, 6.45) is 1.09. The number of fused-ring (bicyclic) bond motifs is 1. The first-order chi connectivity index (χ1) is 43.7. The minimum atomic E-state index is -1.03. The first kappa shape index (κ1) is 69.7. The van der Waals surface area contributed by atoms with Gasteiger partial charge in [0.05, 0.1) is 37.9 Å². The van der Waals surface area contributed by atoms with Crippen molar-refractivity contribution in [2.24, 2.45) is 23.7 Å². The summed E-state index contributed by atoms with van der Waals surface area (Å²) >= 11 is 5.82. The van der Waals surface area contributed by atoms with Gasteiger partial charge in [0.25, 0.3) is 0 Å². The molecule has 16 heteroatoms. The number of rotatable bonds is 26. The first-order valence-electron chi connectivity index (χ1n) is 29.1. The van der Waals surface area contributed by atoms with Crippen LogP contribution in [0, 0.1) is 36.4 Å². The van der Waals surface area contributed by atoms with E-state index in [9.17, 15) is 63.2 Å². The fourth-order valence-electron chi connectivity index (χ4n) is 9.62. The van der Waals surface area contributed by atoms with Crippen LogP contribution in [-0.2, 0) is 44.9 Å². The smallest absolute Gasteiger partial charge is 0.307 e. The molecule has 0 radical (unpaired) electrons. The number of Topliss-reactive ketones (excluding diaryl/α,β-unsaturated/α-hetero) is 4. The van der Waals surface area contributed by atoms with Crippen molar-refractivity contribution >= 4 is 69.4 Å². The van der Waals surface area contributed by atoms with Crippen LogP contribution in [0.2, 0.25) is 5.02 Å². The number of benzene rings is 9. The van der Waals surface area contributed by atoms with E-state index >= 15 is 0 Å². The average molecular weight is 1250 g/mol. The molecule has 0 saturated heterocycles. The average Bonchev–Trinajstić information content (AvgIpc) is 1.81. The molecule has 4 unspecified atom stereocenters. The van der Waals surface area contributed by atoms with Crippen molar-refractivity contribution in [3.63, 3.8) is 0 Å². The van der Waals surface area contributed by atoms with Crippen LogP contribution in [-0.4, -0.2) is 81.7 Å². The summed E-state index contributed by atoms with van der Waals surface area (Å²) in [5.41, 5.74) is 6.51. The van der Waals surface area contributed by atoms with E-state index in [4.69, 9.17) is 21.1 Å². The van der Waals surface area contributed by atoms with Gasteiger partial charge in [-0.2, -0.15) is 0 Å². The second-order valence-electron chi connectivity index (χ2n) is 21.6. The van der Waals surface area contributed by atoms with E-state index in [1.807, 2.05) is 116 Å². The van der Waals surface area contributed by atoms with Gasteiger partial charge in [-0.1, -0.05) is 163 Å². The molecule has 0 bridgehead atoms. The van der Waals surface area contributed by atoms with Crippen molar-refractivity contribution < 1.29 is 72.6 Å². The largest absolute Gasteiger partial charge is 0.497 e. The number of aliphatic carboxylic acids is 4. The topological polar surface area (TPSA) is 236 Å². The Labute approximate surface area is 532 Å². The molecular formula is C75H70ClFO14. The molecule has 91 heavy (non-hydrogen) atoms. The van der Waals surface area contributed by atoms with Gasteiger partial charge in [0, 0.05) is 53.0 Å². The highest BCUT2D eigenvalue weighted by atomic mass is 35.5. The fourth-order valence-corrected chi connectivity index (χ4v) is 9.74. The van der Waals surface area contributed by atoms with Crippen molar-refractivity contribution in [2.45, 2.75) is 58.3 Å². The van der Waals surface area contributed by atoms with Crippen LogP contribution >= 0.6 is 11.6 Å². The molecule has 9 aromatic rings. The third kappa shape index (κ3) is 23.3. The molecule has 0 aliphatic rings. The molecule has 9 aromatic carbocycles. The van der Waals surface area contributed by atoms with Gasteiger partial charge < -0.3 is 29.9 Å². The predicted molar refractivity (Wildman–Crippen MR) is 347 cm³/mol. The zero-order chi connectivity index (χ0) is 65.8. The Bertz CT molecular complexity index is 3860. The zero-order valence-electron chi connectivity index (χ0n) is 50.5. The number of carboxylic acid groups (broad SMARTS) is 4. The van der Waals surface area contributed by atoms with Gasteiger partial charge in [-0.3, -0.25) is 38.4 Å². The number of carbonyl (C=O) groups excluding carboxylic acids is 4. The Hall–Kier alpha value is -10.4. The molecule has 9 rings (SSSR count). The van der Waals surface area contributed by atoms with Crippen LogP contribution in [0.4, 0.5) is 4.39 Å². The first-order valence-corrected chi connectivity index (χ1v) is 29.5. The number of hydrogen-bond donors (Lipinski definition) is 4. The maximum absolute atomic E-state index is 12.9. The maximum atomic E-state index is 12.9.